The molecule has 5 heterocycles. The molecule has 0 fully saturated rings. The van der Waals surface area contributed by atoms with Crippen molar-refractivity contribution in [2.45, 2.75) is 0 Å². The van der Waals surface area contributed by atoms with Gasteiger partial charge in [0.2, 0.25) is 0 Å². The molecule has 5 nitrogen and oxygen atoms in total. The Morgan fingerprint density at radius 1 is 0.224 bits per heavy atom. The molecular weight excluding hydrogens is 707 g/mol. The third kappa shape index (κ3) is 4.27. The lowest BCUT2D eigenvalue weighted by Gasteiger charge is -2.12. The lowest BCUT2D eigenvalue weighted by molar-refractivity contribution is 1.01. The van der Waals surface area contributed by atoms with Gasteiger partial charge in [-0.1, -0.05) is 115 Å². The average Bonchev–Trinajstić information content (AvgIpc) is 4.00. The van der Waals surface area contributed by atoms with Gasteiger partial charge in [-0.25, -0.2) is 4.98 Å². The average molecular weight is 740 g/mol. The Hall–Kier alpha value is -7.89. The molecule has 0 spiro atoms. The molecule has 0 unspecified atom stereocenters. The molecular formula is C53H33N5. The molecule has 270 valence electrons. The number of benzene rings is 8. The van der Waals surface area contributed by atoms with E-state index >= 15 is 0 Å². The second-order valence-corrected chi connectivity index (χ2v) is 15.2. The van der Waals surface area contributed by atoms with Crippen molar-refractivity contribution in [1.29, 1.82) is 0 Å². The number of rotatable bonds is 4. The van der Waals surface area contributed by atoms with Crippen LogP contribution in [0.15, 0.2) is 200 Å². The van der Waals surface area contributed by atoms with Gasteiger partial charge in [-0.3, -0.25) is 9.13 Å². The summed E-state index contributed by atoms with van der Waals surface area (Å²) in [6.07, 6.45) is 0. The minimum atomic E-state index is 0.877. The van der Waals surface area contributed by atoms with Crippen molar-refractivity contribution in [2.24, 2.45) is 0 Å². The van der Waals surface area contributed by atoms with Crippen LogP contribution in [0.2, 0.25) is 0 Å². The second-order valence-electron chi connectivity index (χ2n) is 15.2. The van der Waals surface area contributed by atoms with E-state index in [1.165, 1.54) is 65.2 Å². The van der Waals surface area contributed by atoms with E-state index in [1.807, 2.05) is 0 Å². The molecule has 8 aromatic carbocycles. The maximum Gasteiger partial charge on any atom is 0.140 e. The second kappa shape index (κ2) is 11.8. The highest BCUT2D eigenvalue weighted by atomic mass is 15.1. The van der Waals surface area contributed by atoms with Gasteiger partial charge >= 0.3 is 0 Å². The molecule has 0 saturated carbocycles. The molecule has 5 aromatic heterocycles. The molecule has 0 aliphatic heterocycles. The normalized spacial score (nSPS) is 12.1. The van der Waals surface area contributed by atoms with E-state index in [1.54, 1.807) is 0 Å². The number of nitrogens with zero attached hydrogens (tertiary/aromatic N) is 5. The van der Waals surface area contributed by atoms with Gasteiger partial charge in [0.1, 0.15) is 11.6 Å². The summed E-state index contributed by atoms with van der Waals surface area (Å²) in [4.78, 5) is 5.56. The Labute approximate surface area is 332 Å². The van der Waals surface area contributed by atoms with Gasteiger partial charge < -0.3 is 9.13 Å². The van der Waals surface area contributed by atoms with Gasteiger partial charge in [0.15, 0.2) is 0 Å². The first-order valence-corrected chi connectivity index (χ1v) is 19.8. The smallest absolute Gasteiger partial charge is 0.140 e. The van der Waals surface area contributed by atoms with Crippen molar-refractivity contribution in [3.63, 3.8) is 0 Å². The van der Waals surface area contributed by atoms with Crippen molar-refractivity contribution in [1.82, 2.24) is 23.3 Å². The number of para-hydroxylation sites is 6. The first kappa shape index (κ1) is 31.3. The van der Waals surface area contributed by atoms with Gasteiger partial charge in [-0.15, -0.1) is 0 Å². The highest BCUT2D eigenvalue weighted by molar-refractivity contribution is 6.20. The van der Waals surface area contributed by atoms with Crippen molar-refractivity contribution in [3.8, 4) is 23.0 Å². The number of fused-ring (bicyclic) bond motifs is 12. The molecule has 0 aliphatic rings. The van der Waals surface area contributed by atoms with Crippen molar-refractivity contribution in [2.75, 3.05) is 0 Å². The minimum absolute atomic E-state index is 0.877. The third-order valence-corrected chi connectivity index (χ3v) is 12.1. The van der Waals surface area contributed by atoms with Crippen LogP contribution in [0.4, 0.5) is 0 Å². The van der Waals surface area contributed by atoms with Crippen LogP contribution in [0.5, 0.6) is 0 Å². The van der Waals surface area contributed by atoms with Crippen LogP contribution in [0.1, 0.15) is 0 Å². The Balaban J connectivity index is 1.08. The van der Waals surface area contributed by atoms with E-state index in [4.69, 9.17) is 4.98 Å². The van der Waals surface area contributed by atoms with Crippen LogP contribution in [-0.2, 0) is 0 Å². The molecule has 0 aliphatic carbocycles. The van der Waals surface area contributed by atoms with Crippen molar-refractivity contribution < 1.29 is 0 Å². The predicted molar refractivity (Wildman–Crippen MR) is 242 cm³/mol. The molecule has 13 rings (SSSR count). The van der Waals surface area contributed by atoms with E-state index in [9.17, 15) is 0 Å². The van der Waals surface area contributed by atoms with Crippen LogP contribution in [0.3, 0.4) is 0 Å². The molecule has 0 amide bonds. The predicted octanol–water partition coefficient (Wildman–Crippen LogP) is 13.5. The number of pyridine rings is 1. The maximum absolute atomic E-state index is 5.56. The summed E-state index contributed by atoms with van der Waals surface area (Å²) in [5.41, 5.74) is 11.6. The summed E-state index contributed by atoms with van der Waals surface area (Å²) in [7, 11) is 0. The summed E-state index contributed by atoms with van der Waals surface area (Å²) in [6, 6.07) is 72.3. The van der Waals surface area contributed by atoms with E-state index in [2.05, 4.69) is 218 Å². The van der Waals surface area contributed by atoms with Gasteiger partial charge in [0.25, 0.3) is 0 Å². The summed E-state index contributed by atoms with van der Waals surface area (Å²) >= 11 is 0. The number of hydrogen-bond donors (Lipinski definition) is 0. The fourth-order valence-corrected chi connectivity index (χ4v) is 9.73. The topological polar surface area (TPSA) is 32.6 Å². The Kier molecular flexibility index (Phi) is 6.38. The van der Waals surface area contributed by atoms with E-state index in [0.29, 0.717) is 0 Å². The molecule has 0 atom stereocenters. The Bertz CT molecular complexity index is 3540. The van der Waals surface area contributed by atoms with Crippen LogP contribution in [-0.4, -0.2) is 23.3 Å². The zero-order valence-corrected chi connectivity index (χ0v) is 31.3. The number of hydrogen-bond acceptors (Lipinski definition) is 1. The molecule has 13 aromatic rings. The van der Waals surface area contributed by atoms with E-state index in [0.717, 1.165) is 45.1 Å². The summed E-state index contributed by atoms with van der Waals surface area (Å²) in [6.45, 7) is 0. The summed E-state index contributed by atoms with van der Waals surface area (Å²) in [5.74, 6) is 1.75. The van der Waals surface area contributed by atoms with Gasteiger partial charge in [0.05, 0.1) is 44.1 Å². The fraction of sp³-hybridized carbons (Fsp3) is 0. The van der Waals surface area contributed by atoms with Crippen LogP contribution in [0.25, 0.3) is 110 Å². The summed E-state index contributed by atoms with van der Waals surface area (Å²) in [5, 5.41) is 9.69. The minimum Gasteiger partial charge on any atom is -0.309 e. The molecule has 0 bridgehead atoms. The van der Waals surface area contributed by atoms with Crippen LogP contribution < -0.4 is 0 Å². The Morgan fingerprint density at radius 2 is 0.517 bits per heavy atom. The Morgan fingerprint density at radius 3 is 0.879 bits per heavy atom. The molecule has 0 radical (unpaired) electrons. The van der Waals surface area contributed by atoms with E-state index in [-0.39, 0.29) is 0 Å². The summed E-state index contributed by atoms with van der Waals surface area (Å²) < 4.78 is 9.49. The molecule has 5 heteroatoms. The fourth-order valence-electron chi connectivity index (χ4n) is 9.73. The zero-order chi connectivity index (χ0) is 37.9. The maximum atomic E-state index is 5.56. The van der Waals surface area contributed by atoms with Crippen LogP contribution in [0, 0.1) is 0 Å². The molecule has 58 heavy (non-hydrogen) atoms. The van der Waals surface area contributed by atoms with Crippen molar-refractivity contribution in [3.05, 3.63) is 200 Å². The molecule has 0 N–H and O–H groups in total. The SMILES string of the molecule is c1ccc(-n2c3ccccc3c3cc4c(cc32)c2ccccc2n4-c2cccc(-n3c4ccccc4c4cc5c(cc43)c3ccccc3n5-c3ccccc3)n2)cc1. The lowest BCUT2D eigenvalue weighted by Crippen LogP contribution is -2.03. The van der Waals surface area contributed by atoms with Gasteiger partial charge in [0, 0.05) is 54.5 Å². The van der Waals surface area contributed by atoms with E-state index < -0.39 is 0 Å². The lowest BCUT2D eigenvalue weighted by atomic mass is 10.1. The van der Waals surface area contributed by atoms with Crippen LogP contribution >= 0.6 is 0 Å². The molecule has 0 saturated heterocycles. The quantitative estimate of drug-likeness (QED) is 0.177. The monoisotopic (exact) mass is 739 g/mol. The first-order valence-electron chi connectivity index (χ1n) is 19.8. The van der Waals surface area contributed by atoms with Crippen molar-refractivity contribution >= 4 is 87.2 Å². The largest absolute Gasteiger partial charge is 0.309 e. The first-order chi connectivity index (χ1) is 28.8. The highest BCUT2D eigenvalue weighted by Crippen LogP contribution is 2.42. The van der Waals surface area contributed by atoms with Gasteiger partial charge in [-0.2, -0.15) is 0 Å². The number of aromatic nitrogens is 5. The highest BCUT2D eigenvalue weighted by Gasteiger charge is 2.21. The third-order valence-electron chi connectivity index (χ3n) is 12.1. The standard InChI is InChI=1S/C53H33N5/c1-3-16-34(17-4-1)55-44-24-11-7-20-36(44)40-32-50-42(30-48(40)55)38-22-9-13-26-46(38)57(50)52-28-15-29-53(54-52)58-47-27-14-10-23-39(47)43-31-49-41(33-51(43)58)37-21-8-12-25-45(37)56(49)35-18-5-2-6-19-35/h1-33H. The van der Waals surface area contributed by atoms with Gasteiger partial charge in [-0.05, 0) is 84.9 Å². The zero-order valence-electron chi connectivity index (χ0n) is 31.3.